The highest BCUT2D eigenvalue weighted by Crippen LogP contribution is 2.25. The Balaban J connectivity index is 2.39. The third-order valence-electron chi connectivity index (χ3n) is 2.10. The minimum Gasteiger partial charge on any atom is -0.482 e. The zero-order chi connectivity index (χ0) is 12.7. The van der Waals surface area contributed by atoms with E-state index in [1.165, 1.54) is 12.1 Å². The Kier molecular flexibility index (Phi) is 5.97. The number of amides is 1. The molecular formula is C12H15BrFNO2. The second kappa shape index (κ2) is 7.27. The maximum Gasteiger partial charge on any atom is 0.257 e. The van der Waals surface area contributed by atoms with Crippen LogP contribution in [-0.2, 0) is 4.79 Å². The van der Waals surface area contributed by atoms with Crippen molar-refractivity contribution in [3.63, 3.8) is 0 Å². The van der Waals surface area contributed by atoms with Crippen LogP contribution in [-0.4, -0.2) is 19.1 Å². The third-order valence-corrected chi connectivity index (χ3v) is 2.76. The summed E-state index contributed by atoms with van der Waals surface area (Å²) in [5.74, 6) is -0.264. The number of unbranched alkanes of at least 4 members (excludes halogenated alkanes) is 1. The van der Waals surface area contributed by atoms with Crippen LogP contribution in [0.25, 0.3) is 0 Å². The van der Waals surface area contributed by atoms with Crippen molar-refractivity contribution in [2.45, 2.75) is 19.8 Å². The SMILES string of the molecule is CCCCNC(=O)COc1cc(F)ccc1Br. The van der Waals surface area contributed by atoms with Crippen LogP contribution in [0.15, 0.2) is 22.7 Å². The Morgan fingerprint density at radius 2 is 2.29 bits per heavy atom. The summed E-state index contributed by atoms with van der Waals surface area (Å²) < 4.78 is 18.8. The van der Waals surface area contributed by atoms with Gasteiger partial charge in [-0.05, 0) is 34.5 Å². The second-order valence-corrected chi connectivity index (χ2v) is 4.42. The minimum absolute atomic E-state index is 0.105. The van der Waals surface area contributed by atoms with E-state index in [0.717, 1.165) is 12.8 Å². The molecule has 1 N–H and O–H groups in total. The van der Waals surface area contributed by atoms with Crippen LogP contribution < -0.4 is 10.1 Å². The standard InChI is InChI=1S/C12H15BrFNO2/c1-2-3-6-15-12(16)8-17-11-7-9(14)4-5-10(11)13/h4-5,7H,2-3,6,8H2,1H3,(H,15,16). The molecule has 3 nitrogen and oxygen atoms in total. The number of hydrogen-bond donors (Lipinski definition) is 1. The van der Waals surface area contributed by atoms with E-state index in [-0.39, 0.29) is 12.5 Å². The molecule has 0 saturated carbocycles. The normalized spacial score (nSPS) is 10.1. The molecule has 0 spiro atoms. The van der Waals surface area contributed by atoms with E-state index in [4.69, 9.17) is 4.74 Å². The van der Waals surface area contributed by atoms with E-state index < -0.39 is 5.82 Å². The molecule has 5 heteroatoms. The summed E-state index contributed by atoms with van der Waals surface area (Å²) in [6, 6.07) is 4.10. The van der Waals surface area contributed by atoms with Crippen molar-refractivity contribution in [3.8, 4) is 5.75 Å². The van der Waals surface area contributed by atoms with Gasteiger partial charge in [-0.1, -0.05) is 13.3 Å². The lowest BCUT2D eigenvalue weighted by Crippen LogP contribution is -2.29. The van der Waals surface area contributed by atoms with E-state index in [9.17, 15) is 9.18 Å². The van der Waals surface area contributed by atoms with Crippen molar-refractivity contribution >= 4 is 21.8 Å². The summed E-state index contributed by atoms with van der Waals surface area (Å²) in [5, 5.41) is 2.71. The number of carbonyl (C=O) groups is 1. The van der Waals surface area contributed by atoms with E-state index in [0.29, 0.717) is 16.8 Å². The number of hydrogen-bond acceptors (Lipinski definition) is 2. The van der Waals surface area contributed by atoms with Gasteiger partial charge >= 0.3 is 0 Å². The minimum atomic E-state index is -0.394. The average molecular weight is 304 g/mol. The number of rotatable bonds is 6. The van der Waals surface area contributed by atoms with Crippen LogP contribution in [0.5, 0.6) is 5.75 Å². The van der Waals surface area contributed by atoms with E-state index in [2.05, 4.69) is 21.2 Å². The first-order valence-electron chi connectivity index (χ1n) is 5.48. The topological polar surface area (TPSA) is 38.3 Å². The summed E-state index contributed by atoms with van der Waals surface area (Å²) >= 11 is 3.22. The van der Waals surface area contributed by atoms with Gasteiger partial charge in [0.25, 0.3) is 5.91 Å². The van der Waals surface area contributed by atoms with Crippen molar-refractivity contribution in [2.24, 2.45) is 0 Å². The van der Waals surface area contributed by atoms with Crippen LogP contribution in [0.2, 0.25) is 0 Å². The molecule has 0 bridgehead atoms. The van der Waals surface area contributed by atoms with Crippen LogP contribution in [0.4, 0.5) is 4.39 Å². The monoisotopic (exact) mass is 303 g/mol. The van der Waals surface area contributed by atoms with Gasteiger partial charge in [0.1, 0.15) is 11.6 Å². The Bertz CT molecular complexity index is 385. The maximum absolute atomic E-state index is 12.9. The zero-order valence-corrected chi connectivity index (χ0v) is 11.2. The van der Waals surface area contributed by atoms with Gasteiger partial charge in [-0.25, -0.2) is 4.39 Å². The number of halogens is 2. The third kappa shape index (κ3) is 5.17. The fourth-order valence-corrected chi connectivity index (χ4v) is 1.55. The molecule has 0 saturated heterocycles. The molecule has 1 aromatic rings. The molecule has 0 aliphatic rings. The summed E-state index contributed by atoms with van der Waals surface area (Å²) in [5.41, 5.74) is 0. The molecular weight excluding hydrogens is 289 g/mol. The van der Waals surface area contributed by atoms with Crippen molar-refractivity contribution in [2.75, 3.05) is 13.2 Å². The highest BCUT2D eigenvalue weighted by Gasteiger charge is 2.06. The highest BCUT2D eigenvalue weighted by molar-refractivity contribution is 9.10. The van der Waals surface area contributed by atoms with Gasteiger partial charge in [-0.2, -0.15) is 0 Å². The zero-order valence-electron chi connectivity index (χ0n) is 9.63. The first-order valence-corrected chi connectivity index (χ1v) is 6.27. The molecule has 0 aliphatic heterocycles. The Morgan fingerprint density at radius 1 is 1.53 bits per heavy atom. The van der Waals surface area contributed by atoms with E-state index in [1.807, 2.05) is 6.92 Å². The van der Waals surface area contributed by atoms with Gasteiger partial charge in [0.15, 0.2) is 6.61 Å². The average Bonchev–Trinajstić information content (AvgIpc) is 2.31. The van der Waals surface area contributed by atoms with Crippen molar-refractivity contribution in [1.82, 2.24) is 5.32 Å². The molecule has 0 unspecified atom stereocenters. The van der Waals surface area contributed by atoms with Crippen LogP contribution in [0.1, 0.15) is 19.8 Å². The molecule has 0 fully saturated rings. The lowest BCUT2D eigenvalue weighted by molar-refractivity contribution is -0.123. The van der Waals surface area contributed by atoms with Crippen LogP contribution in [0, 0.1) is 5.82 Å². The molecule has 94 valence electrons. The van der Waals surface area contributed by atoms with Crippen LogP contribution in [0.3, 0.4) is 0 Å². The lowest BCUT2D eigenvalue weighted by Gasteiger charge is -2.08. The van der Waals surface area contributed by atoms with Crippen molar-refractivity contribution in [3.05, 3.63) is 28.5 Å². The predicted molar refractivity (Wildman–Crippen MR) is 67.5 cm³/mol. The van der Waals surface area contributed by atoms with E-state index >= 15 is 0 Å². The van der Waals surface area contributed by atoms with Gasteiger partial charge in [0.2, 0.25) is 0 Å². The lowest BCUT2D eigenvalue weighted by atomic mass is 10.3. The smallest absolute Gasteiger partial charge is 0.257 e. The van der Waals surface area contributed by atoms with Gasteiger partial charge < -0.3 is 10.1 Å². The Labute approximate surface area is 108 Å². The molecule has 0 heterocycles. The highest BCUT2D eigenvalue weighted by atomic mass is 79.9. The summed E-state index contributed by atoms with van der Waals surface area (Å²) in [7, 11) is 0. The molecule has 1 amide bonds. The number of benzene rings is 1. The van der Waals surface area contributed by atoms with Crippen molar-refractivity contribution in [1.29, 1.82) is 0 Å². The van der Waals surface area contributed by atoms with Crippen molar-refractivity contribution < 1.29 is 13.9 Å². The Hall–Kier alpha value is -1.10. The quantitative estimate of drug-likeness (QED) is 0.821. The summed E-state index contributed by atoms with van der Waals surface area (Å²) in [6.07, 6.45) is 1.96. The summed E-state index contributed by atoms with van der Waals surface area (Å²) in [6.45, 7) is 2.58. The molecule has 17 heavy (non-hydrogen) atoms. The maximum atomic E-state index is 12.9. The second-order valence-electron chi connectivity index (χ2n) is 3.57. The largest absolute Gasteiger partial charge is 0.482 e. The van der Waals surface area contributed by atoms with Gasteiger partial charge in [0.05, 0.1) is 4.47 Å². The number of ether oxygens (including phenoxy) is 1. The predicted octanol–water partition coefficient (Wildman–Crippen LogP) is 2.88. The number of nitrogens with one attached hydrogen (secondary N) is 1. The molecule has 0 aliphatic carbocycles. The molecule has 0 aromatic heterocycles. The van der Waals surface area contributed by atoms with Gasteiger partial charge in [-0.15, -0.1) is 0 Å². The van der Waals surface area contributed by atoms with Crippen LogP contribution >= 0.6 is 15.9 Å². The Morgan fingerprint density at radius 3 is 3.00 bits per heavy atom. The molecule has 0 atom stereocenters. The van der Waals surface area contributed by atoms with Gasteiger partial charge in [0, 0.05) is 12.6 Å². The van der Waals surface area contributed by atoms with E-state index in [1.54, 1.807) is 6.07 Å². The first kappa shape index (κ1) is 14.0. The fraction of sp³-hybridized carbons (Fsp3) is 0.417. The first-order chi connectivity index (χ1) is 8.13. The molecule has 1 rings (SSSR count). The van der Waals surface area contributed by atoms with Gasteiger partial charge in [-0.3, -0.25) is 4.79 Å². The molecule has 0 radical (unpaired) electrons. The molecule has 1 aromatic carbocycles. The fourth-order valence-electron chi connectivity index (χ4n) is 1.19. The number of carbonyl (C=O) groups excluding carboxylic acids is 1. The summed E-state index contributed by atoms with van der Waals surface area (Å²) in [4.78, 5) is 11.3.